The Morgan fingerprint density at radius 1 is 1.12 bits per heavy atom. The number of carboxylic acid groups (broad SMARTS) is 1. The zero-order valence-corrected chi connectivity index (χ0v) is 14.5. The number of unbranched alkanes of at least 4 members (excludes halogenated alkanes) is 2. The Labute approximate surface area is 147 Å². The van der Waals surface area contributed by atoms with Crippen LogP contribution < -0.4 is 5.32 Å². The number of carboxylic acids is 1. The molecule has 0 radical (unpaired) electrons. The van der Waals surface area contributed by atoms with E-state index in [9.17, 15) is 9.59 Å². The number of oxazole rings is 1. The second kappa shape index (κ2) is 9.61. The highest BCUT2D eigenvalue weighted by molar-refractivity contribution is 5.76. The topological polar surface area (TPSA) is 92.4 Å². The average Bonchev–Trinajstić information content (AvgIpc) is 3.05. The Morgan fingerprint density at radius 2 is 1.88 bits per heavy atom. The van der Waals surface area contributed by atoms with Crippen molar-refractivity contribution in [1.82, 2.24) is 10.3 Å². The lowest BCUT2D eigenvalue weighted by Crippen LogP contribution is -2.24. The normalized spacial score (nSPS) is 10.6. The quantitative estimate of drug-likeness (QED) is 0.645. The molecule has 1 heterocycles. The van der Waals surface area contributed by atoms with Crippen molar-refractivity contribution in [2.75, 3.05) is 6.54 Å². The Morgan fingerprint density at radius 3 is 2.60 bits per heavy atom. The van der Waals surface area contributed by atoms with Crippen LogP contribution in [0.4, 0.5) is 0 Å². The van der Waals surface area contributed by atoms with Gasteiger partial charge < -0.3 is 14.8 Å². The lowest BCUT2D eigenvalue weighted by Gasteiger charge is -2.03. The van der Waals surface area contributed by atoms with Gasteiger partial charge in [0.25, 0.3) is 0 Å². The molecular formula is C19H24N2O4. The molecule has 1 amide bonds. The number of aliphatic carboxylic acids is 1. The first-order valence-electron chi connectivity index (χ1n) is 8.55. The number of nitrogens with one attached hydrogen (secondary N) is 1. The minimum Gasteiger partial charge on any atom is -0.481 e. The van der Waals surface area contributed by atoms with E-state index < -0.39 is 5.97 Å². The number of aryl methyl sites for hydroxylation is 2. The van der Waals surface area contributed by atoms with Crippen LogP contribution >= 0.6 is 0 Å². The van der Waals surface area contributed by atoms with E-state index in [0.29, 0.717) is 37.5 Å². The van der Waals surface area contributed by atoms with Crippen molar-refractivity contribution in [3.63, 3.8) is 0 Å². The van der Waals surface area contributed by atoms with Crippen LogP contribution in [-0.4, -0.2) is 28.5 Å². The highest BCUT2D eigenvalue weighted by atomic mass is 16.4. The highest BCUT2D eigenvalue weighted by Gasteiger charge is 2.09. The number of aromatic nitrogens is 1. The molecule has 0 atom stereocenters. The standard InChI is InChI=1S/C19H24N2O4/c1-14-6-8-15(9-7-14)16-13-21-18(25-16)11-10-17(22)20-12-4-2-3-5-19(23)24/h6-9,13H,2-5,10-12H2,1H3,(H,20,22)(H,23,24). The summed E-state index contributed by atoms with van der Waals surface area (Å²) in [6.07, 6.45) is 4.87. The molecule has 2 rings (SSSR count). The molecule has 0 aliphatic carbocycles. The van der Waals surface area contributed by atoms with E-state index in [1.54, 1.807) is 6.20 Å². The first-order valence-corrected chi connectivity index (χ1v) is 8.55. The van der Waals surface area contributed by atoms with E-state index >= 15 is 0 Å². The summed E-state index contributed by atoms with van der Waals surface area (Å²) in [4.78, 5) is 26.4. The summed E-state index contributed by atoms with van der Waals surface area (Å²) in [6, 6.07) is 8.00. The predicted octanol–water partition coefficient (Wildman–Crippen LogP) is 3.34. The average molecular weight is 344 g/mol. The Bertz CT molecular complexity index is 692. The molecule has 1 aromatic heterocycles. The number of hydrogen-bond donors (Lipinski definition) is 2. The molecule has 25 heavy (non-hydrogen) atoms. The Kier molecular flexibility index (Phi) is 7.19. The fourth-order valence-electron chi connectivity index (χ4n) is 2.39. The van der Waals surface area contributed by atoms with Gasteiger partial charge in [-0.2, -0.15) is 0 Å². The molecule has 2 aromatic rings. The number of carbonyl (C=O) groups is 2. The van der Waals surface area contributed by atoms with Gasteiger partial charge in [-0.05, 0) is 19.8 Å². The van der Waals surface area contributed by atoms with Gasteiger partial charge in [0.1, 0.15) is 0 Å². The zero-order chi connectivity index (χ0) is 18.1. The van der Waals surface area contributed by atoms with Crippen LogP contribution in [0, 0.1) is 6.92 Å². The summed E-state index contributed by atoms with van der Waals surface area (Å²) in [5, 5.41) is 11.4. The van der Waals surface area contributed by atoms with Gasteiger partial charge in [-0.25, -0.2) is 4.98 Å². The van der Waals surface area contributed by atoms with Crippen molar-refractivity contribution < 1.29 is 19.1 Å². The lowest BCUT2D eigenvalue weighted by molar-refractivity contribution is -0.137. The van der Waals surface area contributed by atoms with Gasteiger partial charge >= 0.3 is 5.97 Å². The molecule has 0 aliphatic rings. The van der Waals surface area contributed by atoms with E-state index in [0.717, 1.165) is 18.4 Å². The van der Waals surface area contributed by atoms with Crippen molar-refractivity contribution in [2.24, 2.45) is 0 Å². The molecule has 0 bridgehead atoms. The molecule has 134 valence electrons. The van der Waals surface area contributed by atoms with Gasteiger partial charge in [-0.1, -0.05) is 36.2 Å². The molecule has 2 N–H and O–H groups in total. The van der Waals surface area contributed by atoms with E-state index in [2.05, 4.69) is 10.3 Å². The van der Waals surface area contributed by atoms with Gasteiger partial charge in [-0.15, -0.1) is 0 Å². The van der Waals surface area contributed by atoms with Crippen molar-refractivity contribution >= 4 is 11.9 Å². The SMILES string of the molecule is Cc1ccc(-c2cnc(CCC(=O)NCCCCCC(=O)O)o2)cc1. The van der Waals surface area contributed by atoms with Crippen molar-refractivity contribution in [1.29, 1.82) is 0 Å². The zero-order valence-electron chi connectivity index (χ0n) is 14.5. The molecule has 0 saturated heterocycles. The molecule has 0 spiro atoms. The molecule has 6 heteroatoms. The van der Waals surface area contributed by atoms with Gasteiger partial charge in [-0.3, -0.25) is 9.59 Å². The van der Waals surface area contributed by atoms with Gasteiger partial charge in [0.05, 0.1) is 6.20 Å². The maximum absolute atomic E-state index is 11.8. The minimum atomic E-state index is -0.778. The lowest BCUT2D eigenvalue weighted by atomic mass is 10.1. The number of hydrogen-bond acceptors (Lipinski definition) is 4. The molecule has 0 fully saturated rings. The van der Waals surface area contributed by atoms with E-state index in [-0.39, 0.29) is 12.3 Å². The second-order valence-corrected chi connectivity index (χ2v) is 6.04. The van der Waals surface area contributed by atoms with Crippen molar-refractivity contribution in [3.8, 4) is 11.3 Å². The highest BCUT2D eigenvalue weighted by Crippen LogP contribution is 2.21. The molecular weight excluding hydrogens is 320 g/mol. The van der Waals surface area contributed by atoms with Crippen molar-refractivity contribution in [2.45, 2.75) is 45.4 Å². The molecule has 0 saturated carbocycles. The second-order valence-electron chi connectivity index (χ2n) is 6.04. The Hall–Kier alpha value is -2.63. The summed E-state index contributed by atoms with van der Waals surface area (Å²) >= 11 is 0. The largest absolute Gasteiger partial charge is 0.481 e. The number of nitrogens with zero attached hydrogens (tertiary/aromatic N) is 1. The summed E-state index contributed by atoms with van der Waals surface area (Å²) in [5.41, 5.74) is 2.15. The smallest absolute Gasteiger partial charge is 0.303 e. The number of benzene rings is 1. The summed E-state index contributed by atoms with van der Waals surface area (Å²) in [7, 11) is 0. The maximum Gasteiger partial charge on any atom is 0.303 e. The maximum atomic E-state index is 11.8. The fraction of sp³-hybridized carbons (Fsp3) is 0.421. The summed E-state index contributed by atoms with van der Waals surface area (Å²) in [5.74, 6) is 0.425. The number of amides is 1. The summed E-state index contributed by atoms with van der Waals surface area (Å²) < 4.78 is 5.69. The van der Waals surface area contributed by atoms with Crippen LogP contribution in [0.3, 0.4) is 0 Å². The van der Waals surface area contributed by atoms with Crippen LogP contribution in [0.1, 0.15) is 43.6 Å². The van der Waals surface area contributed by atoms with Gasteiger partial charge in [0.2, 0.25) is 5.91 Å². The predicted molar refractivity (Wildman–Crippen MR) is 94.1 cm³/mol. The van der Waals surface area contributed by atoms with Crippen molar-refractivity contribution in [3.05, 3.63) is 41.9 Å². The first kappa shape index (κ1) is 18.7. The van der Waals surface area contributed by atoms with E-state index in [1.165, 1.54) is 5.56 Å². The third-order valence-corrected chi connectivity index (χ3v) is 3.85. The first-order chi connectivity index (χ1) is 12.0. The van der Waals surface area contributed by atoms with Crippen LogP contribution in [0.5, 0.6) is 0 Å². The fourth-order valence-corrected chi connectivity index (χ4v) is 2.39. The third kappa shape index (κ3) is 6.79. The van der Waals surface area contributed by atoms with Crippen LogP contribution in [-0.2, 0) is 16.0 Å². The number of rotatable bonds is 10. The van der Waals surface area contributed by atoms with Crippen LogP contribution in [0.2, 0.25) is 0 Å². The van der Waals surface area contributed by atoms with E-state index in [1.807, 2.05) is 31.2 Å². The van der Waals surface area contributed by atoms with Crippen LogP contribution in [0.15, 0.2) is 34.9 Å². The summed E-state index contributed by atoms with van der Waals surface area (Å²) in [6.45, 7) is 2.60. The third-order valence-electron chi connectivity index (χ3n) is 3.85. The monoisotopic (exact) mass is 344 g/mol. The molecule has 0 unspecified atom stereocenters. The molecule has 6 nitrogen and oxygen atoms in total. The molecule has 0 aliphatic heterocycles. The minimum absolute atomic E-state index is 0.0479. The number of carbonyl (C=O) groups excluding carboxylic acids is 1. The van der Waals surface area contributed by atoms with Gasteiger partial charge in [0.15, 0.2) is 11.7 Å². The van der Waals surface area contributed by atoms with E-state index in [4.69, 9.17) is 9.52 Å². The van der Waals surface area contributed by atoms with Gasteiger partial charge in [0, 0.05) is 31.4 Å². The van der Waals surface area contributed by atoms with Crippen LogP contribution in [0.25, 0.3) is 11.3 Å². The molecule has 1 aromatic carbocycles. The Balaban J connectivity index is 1.66.